The summed E-state index contributed by atoms with van der Waals surface area (Å²) in [4.78, 5) is 33.3. The zero-order valence-electron chi connectivity index (χ0n) is 15.4. The SMILES string of the molecule is C[C@H]1CN(c2ccccc2C#N)C(=O)CN1Cc1cc(=O)n2ccccc2n1. The van der Waals surface area contributed by atoms with Crippen LogP contribution in [0.1, 0.15) is 18.2 Å². The number of para-hydroxylation sites is 1. The second kappa shape index (κ2) is 7.25. The number of benzene rings is 1. The largest absolute Gasteiger partial charge is 0.308 e. The van der Waals surface area contributed by atoms with Crippen molar-refractivity contribution in [3.8, 4) is 6.07 Å². The Kier molecular flexibility index (Phi) is 4.63. The Morgan fingerprint density at radius 3 is 2.79 bits per heavy atom. The molecule has 140 valence electrons. The number of hydrogen-bond donors (Lipinski definition) is 0. The zero-order chi connectivity index (χ0) is 19.7. The van der Waals surface area contributed by atoms with Gasteiger partial charge in [0.1, 0.15) is 11.7 Å². The highest BCUT2D eigenvalue weighted by molar-refractivity contribution is 5.96. The molecule has 7 heteroatoms. The van der Waals surface area contributed by atoms with Crippen molar-refractivity contribution >= 4 is 17.2 Å². The third-order valence-corrected chi connectivity index (χ3v) is 5.01. The maximum Gasteiger partial charge on any atom is 0.258 e. The molecule has 0 saturated carbocycles. The Morgan fingerprint density at radius 1 is 1.18 bits per heavy atom. The van der Waals surface area contributed by atoms with E-state index in [2.05, 4.69) is 11.1 Å². The first-order valence-corrected chi connectivity index (χ1v) is 9.07. The number of carbonyl (C=O) groups is 1. The minimum atomic E-state index is -0.138. The molecule has 1 aliphatic rings. The summed E-state index contributed by atoms with van der Waals surface area (Å²) in [5.74, 6) is -0.0710. The normalized spacial score (nSPS) is 17.6. The van der Waals surface area contributed by atoms with E-state index in [1.165, 1.54) is 10.5 Å². The van der Waals surface area contributed by atoms with Crippen LogP contribution < -0.4 is 10.5 Å². The van der Waals surface area contributed by atoms with E-state index in [1.807, 2.05) is 24.0 Å². The van der Waals surface area contributed by atoms with Crippen molar-refractivity contribution < 1.29 is 4.79 Å². The van der Waals surface area contributed by atoms with Gasteiger partial charge in [-0.1, -0.05) is 18.2 Å². The summed E-state index contributed by atoms with van der Waals surface area (Å²) in [6.45, 7) is 3.13. The highest BCUT2D eigenvalue weighted by Gasteiger charge is 2.31. The average molecular weight is 373 g/mol. The van der Waals surface area contributed by atoms with Gasteiger partial charge in [0, 0.05) is 31.4 Å². The van der Waals surface area contributed by atoms with Gasteiger partial charge in [0.2, 0.25) is 5.91 Å². The molecule has 0 N–H and O–H groups in total. The number of rotatable bonds is 3. The molecule has 1 amide bonds. The van der Waals surface area contributed by atoms with Crippen LogP contribution in [0, 0.1) is 11.3 Å². The number of aromatic nitrogens is 2. The van der Waals surface area contributed by atoms with Crippen LogP contribution in [0.15, 0.2) is 59.5 Å². The summed E-state index contributed by atoms with van der Waals surface area (Å²) in [7, 11) is 0. The molecule has 0 radical (unpaired) electrons. The van der Waals surface area contributed by atoms with E-state index in [-0.39, 0.29) is 24.1 Å². The highest BCUT2D eigenvalue weighted by Crippen LogP contribution is 2.24. The first-order valence-electron chi connectivity index (χ1n) is 9.07. The van der Waals surface area contributed by atoms with E-state index in [4.69, 9.17) is 0 Å². The summed E-state index contributed by atoms with van der Waals surface area (Å²) in [6, 6.07) is 16.3. The lowest BCUT2D eigenvalue weighted by atomic mass is 10.1. The van der Waals surface area contributed by atoms with Gasteiger partial charge in [-0.05, 0) is 31.2 Å². The van der Waals surface area contributed by atoms with E-state index in [0.29, 0.717) is 35.7 Å². The van der Waals surface area contributed by atoms with Gasteiger partial charge in [-0.2, -0.15) is 5.26 Å². The number of nitrogens with zero attached hydrogens (tertiary/aromatic N) is 5. The molecule has 1 aromatic carbocycles. The predicted octanol–water partition coefficient (Wildman–Crippen LogP) is 1.80. The minimum absolute atomic E-state index is 0.0560. The fraction of sp³-hybridized carbons (Fsp3) is 0.238. The second-order valence-corrected chi connectivity index (χ2v) is 6.90. The van der Waals surface area contributed by atoms with Crippen molar-refractivity contribution in [2.45, 2.75) is 19.5 Å². The minimum Gasteiger partial charge on any atom is -0.308 e. The maximum atomic E-state index is 12.8. The summed E-state index contributed by atoms with van der Waals surface area (Å²) in [6.07, 6.45) is 1.69. The van der Waals surface area contributed by atoms with Crippen molar-refractivity contribution in [1.82, 2.24) is 14.3 Å². The summed E-state index contributed by atoms with van der Waals surface area (Å²) >= 11 is 0. The van der Waals surface area contributed by atoms with E-state index < -0.39 is 0 Å². The molecule has 2 aromatic heterocycles. The van der Waals surface area contributed by atoms with Gasteiger partial charge in [0.25, 0.3) is 5.56 Å². The molecule has 1 saturated heterocycles. The molecule has 0 bridgehead atoms. The molecule has 3 heterocycles. The molecule has 7 nitrogen and oxygen atoms in total. The molecule has 0 spiro atoms. The van der Waals surface area contributed by atoms with Gasteiger partial charge >= 0.3 is 0 Å². The molecular weight excluding hydrogens is 354 g/mol. The molecule has 1 aliphatic heterocycles. The first kappa shape index (κ1) is 17.9. The predicted molar refractivity (Wildman–Crippen MR) is 105 cm³/mol. The molecule has 1 fully saturated rings. The summed E-state index contributed by atoms with van der Waals surface area (Å²) in [5, 5.41) is 9.32. The van der Waals surface area contributed by atoms with E-state index in [1.54, 1.807) is 41.4 Å². The zero-order valence-corrected chi connectivity index (χ0v) is 15.4. The van der Waals surface area contributed by atoms with Crippen LogP contribution in [0.4, 0.5) is 5.69 Å². The quantitative estimate of drug-likeness (QED) is 0.699. The van der Waals surface area contributed by atoms with Crippen LogP contribution in [-0.2, 0) is 11.3 Å². The van der Waals surface area contributed by atoms with Crippen molar-refractivity contribution in [1.29, 1.82) is 5.26 Å². The Hall–Kier alpha value is -3.50. The Bertz CT molecular complexity index is 1150. The topological polar surface area (TPSA) is 81.7 Å². The smallest absolute Gasteiger partial charge is 0.258 e. The second-order valence-electron chi connectivity index (χ2n) is 6.90. The first-order chi connectivity index (χ1) is 13.6. The number of hydrogen-bond acceptors (Lipinski definition) is 5. The number of fused-ring (bicyclic) bond motifs is 1. The molecular formula is C21H19N5O2. The van der Waals surface area contributed by atoms with Crippen molar-refractivity contribution in [2.24, 2.45) is 0 Å². The lowest BCUT2D eigenvalue weighted by Crippen LogP contribution is -2.55. The van der Waals surface area contributed by atoms with Crippen LogP contribution in [-0.4, -0.2) is 39.3 Å². The number of piperazine rings is 1. The fourth-order valence-electron chi connectivity index (χ4n) is 3.54. The van der Waals surface area contributed by atoms with Gasteiger partial charge in [0.15, 0.2) is 0 Å². The van der Waals surface area contributed by atoms with Gasteiger partial charge in [0.05, 0.1) is 23.5 Å². The van der Waals surface area contributed by atoms with Crippen LogP contribution in [0.25, 0.3) is 5.65 Å². The summed E-state index contributed by atoms with van der Waals surface area (Å²) in [5.41, 5.74) is 2.22. The standard InChI is InChI=1S/C21H19N5O2/c1-15-12-26(18-7-3-2-6-16(18)11-22)21(28)14-24(15)13-17-10-20(27)25-9-5-4-8-19(25)23-17/h2-10,15H,12-14H2,1H3/t15-/m0/s1. The Balaban J connectivity index is 1.57. The number of nitriles is 1. The van der Waals surface area contributed by atoms with Crippen molar-refractivity contribution in [3.05, 3.63) is 76.3 Å². The summed E-state index contributed by atoms with van der Waals surface area (Å²) < 4.78 is 1.49. The Morgan fingerprint density at radius 2 is 1.96 bits per heavy atom. The third-order valence-electron chi connectivity index (χ3n) is 5.01. The monoisotopic (exact) mass is 373 g/mol. The molecule has 28 heavy (non-hydrogen) atoms. The van der Waals surface area contributed by atoms with E-state index in [0.717, 1.165) is 0 Å². The average Bonchev–Trinajstić information content (AvgIpc) is 2.70. The molecule has 4 rings (SSSR count). The lowest BCUT2D eigenvalue weighted by molar-refractivity contribution is -0.122. The van der Waals surface area contributed by atoms with E-state index in [9.17, 15) is 14.9 Å². The van der Waals surface area contributed by atoms with Gasteiger partial charge in [-0.15, -0.1) is 0 Å². The van der Waals surface area contributed by atoms with E-state index >= 15 is 0 Å². The number of carbonyl (C=O) groups excluding carboxylic acids is 1. The van der Waals surface area contributed by atoms with Gasteiger partial charge in [-0.3, -0.25) is 18.9 Å². The number of amides is 1. The van der Waals surface area contributed by atoms with Crippen LogP contribution in [0.2, 0.25) is 0 Å². The van der Waals surface area contributed by atoms with Gasteiger partial charge < -0.3 is 4.90 Å². The third kappa shape index (κ3) is 3.26. The molecule has 0 unspecified atom stereocenters. The van der Waals surface area contributed by atoms with Crippen LogP contribution in [0.3, 0.4) is 0 Å². The lowest BCUT2D eigenvalue weighted by Gasteiger charge is -2.39. The van der Waals surface area contributed by atoms with Gasteiger partial charge in [-0.25, -0.2) is 4.98 Å². The molecule has 0 aliphatic carbocycles. The molecule has 3 aromatic rings. The van der Waals surface area contributed by atoms with Crippen molar-refractivity contribution in [2.75, 3.05) is 18.0 Å². The van der Waals surface area contributed by atoms with Crippen LogP contribution >= 0.6 is 0 Å². The number of anilines is 1. The number of pyridine rings is 1. The Labute approximate surface area is 162 Å². The van der Waals surface area contributed by atoms with Crippen molar-refractivity contribution in [3.63, 3.8) is 0 Å². The fourth-order valence-corrected chi connectivity index (χ4v) is 3.54. The highest BCUT2D eigenvalue weighted by atomic mass is 16.2. The molecule has 1 atom stereocenters. The maximum absolute atomic E-state index is 12.8. The van der Waals surface area contributed by atoms with Crippen LogP contribution in [0.5, 0.6) is 0 Å².